The van der Waals surface area contributed by atoms with E-state index in [1.807, 2.05) is 23.8 Å². The molecule has 4 unspecified atom stereocenters. The molecule has 4 atom stereocenters. The van der Waals surface area contributed by atoms with Crippen LogP contribution in [0.4, 0.5) is 0 Å². The summed E-state index contributed by atoms with van der Waals surface area (Å²) in [5, 5.41) is 0.983. The van der Waals surface area contributed by atoms with Crippen molar-refractivity contribution in [3.8, 4) is 0 Å². The minimum atomic E-state index is -2.07. The van der Waals surface area contributed by atoms with Crippen molar-refractivity contribution < 1.29 is 18.8 Å². The maximum Gasteiger partial charge on any atom is 0.355 e. The van der Waals surface area contributed by atoms with Gasteiger partial charge >= 0.3 is 5.97 Å². The Kier molecular flexibility index (Phi) is 6.89. The maximum atomic E-state index is 13.5. The fourth-order valence-corrected chi connectivity index (χ4v) is 8.18. The number of β-lactam (4-membered cyclic amide) rings is 1. The van der Waals surface area contributed by atoms with Gasteiger partial charge in [0, 0.05) is 17.7 Å². The molecule has 7 nitrogen and oxygen atoms in total. The van der Waals surface area contributed by atoms with Gasteiger partial charge in [0.1, 0.15) is 28.5 Å². The lowest BCUT2D eigenvalue weighted by molar-refractivity contribution is -0.163. The van der Waals surface area contributed by atoms with Crippen LogP contribution < -0.4 is 0 Å². The zero-order chi connectivity index (χ0) is 25.9. The fourth-order valence-electron chi connectivity index (χ4n) is 4.83. The highest BCUT2D eigenvalue weighted by Gasteiger charge is 2.61. The van der Waals surface area contributed by atoms with Crippen LogP contribution in [0.5, 0.6) is 0 Å². The highest BCUT2D eigenvalue weighted by molar-refractivity contribution is 7.98. The van der Waals surface area contributed by atoms with Crippen LogP contribution in [0.25, 0.3) is 10.4 Å². The van der Waals surface area contributed by atoms with Gasteiger partial charge in [-0.1, -0.05) is 40.3 Å². The first-order valence-electron chi connectivity index (χ1n) is 11.9. The van der Waals surface area contributed by atoms with Crippen LogP contribution >= 0.6 is 23.1 Å². The number of fused-ring (bicyclic) bond motifs is 2. The number of hydrogen-bond donors (Lipinski definition) is 0. The van der Waals surface area contributed by atoms with E-state index in [1.54, 1.807) is 34.3 Å². The summed E-state index contributed by atoms with van der Waals surface area (Å²) in [6.45, 7) is 18.8. The molecule has 0 aromatic carbocycles. The van der Waals surface area contributed by atoms with Crippen LogP contribution in [-0.2, 0) is 18.8 Å². The highest BCUT2D eigenvalue weighted by Crippen LogP contribution is 2.53. The van der Waals surface area contributed by atoms with Crippen LogP contribution in [0.15, 0.2) is 35.9 Å². The summed E-state index contributed by atoms with van der Waals surface area (Å²) < 4.78 is 14.1. The molecular formula is C25H35N3O4S2Si. The molecule has 4 rings (SSSR count). The van der Waals surface area contributed by atoms with Gasteiger partial charge in [0.2, 0.25) is 5.91 Å². The van der Waals surface area contributed by atoms with E-state index in [1.165, 1.54) is 6.08 Å². The first-order valence-corrected chi connectivity index (χ1v) is 16.8. The van der Waals surface area contributed by atoms with E-state index in [0.29, 0.717) is 5.70 Å². The van der Waals surface area contributed by atoms with Gasteiger partial charge in [-0.05, 0) is 31.3 Å². The lowest BCUT2D eigenvalue weighted by Gasteiger charge is -2.50. The van der Waals surface area contributed by atoms with Crippen molar-refractivity contribution in [3.63, 3.8) is 0 Å². The highest BCUT2D eigenvalue weighted by atomic mass is 32.2. The Morgan fingerprint density at radius 3 is 2.69 bits per heavy atom. The minimum Gasteiger partial charge on any atom is -0.457 e. The number of aromatic nitrogens is 2. The van der Waals surface area contributed by atoms with Crippen molar-refractivity contribution >= 4 is 53.7 Å². The molecule has 2 aliphatic rings. The van der Waals surface area contributed by atoms with Crippen LogP contribution in [0.2, 0.25) is 18.1 Å². The summed E-state index contributed by atoms with van der Waals surface area (Å²) in [5.74, 6) is -0.889. The summed E-state index contributed by atoms with van der Waals surface area (Å²) in [4.78, 5) is 34.8. The number of imidazole rings is 1. The third kappa shape index (κ3) is 4.22. The number of hydrogen-bond acceptors (Lipinski definition) is 7. The lowest BCUT2D eigenvalue weighted by atomic mass is 9.77. The normalized spacial score (nSPS) is 23.5. The predicted octanol–water partition coefficient (Wildman–Crippen LogP) is 5.45. The molecule has 4 heterocycles. The SMILES string of the molecule is C=CCOC(=O)C1=C(c2cn3cnc(SC)c3s2)C(C)C2C(C(C)O[Si](C)(C)C(C)(C)C)C(=O)N12. The van der Waals surface area contributed by atoms with Crippen LogP contribution in [-0.4, -0.2) is 59.5 Å². The van der Waals surface area contributed by atoms with Gasteiger partial charge in [0.25, 0.3) is 0 Å². The lowest BCUT2D eigenvalue weighted by Crippen LogP contribution is -2.65. The molecule has 1 amide bonds. The van der Waals surface area contributed by atoms with E-state index in [2.05, 4.69) is 52.4 Å². The molecule has 1 fully saturated rings. The Bertz CT molecular complexity index is 1210. The van der Waals surface area contributed by atoms with Gasteiger partial charge in [-0.3, -0.25) is 9.20 Å². The smallest absolute Gasteiger partial charge is 0.355 e. The number of ether oxygens (including phenoxy) is 1. The average molecular weight is 534 g/mol. The number of thiazole rings is 1. The first-order chi connectivity index (χ1) is 16.3. The Morgan fingerprint density at radius 1 is 1.40 bits per heavy atom. The molecule has 35 heavy (non-hydrogen) atoms. The van der Waals surface area contributed by atoms with E-state index >= 15 is 0 Å². The molecular weight excluding hydrogens is 499 g/mol. The van der Waals surface area contributed by atoms with Crippen molar-refractivity contribution in [3.05, 3.63) is 35.8 Å². The number of esters is 1. The molecule has 2 aliphatic heterocycles. The Balaban J connectivity index is 1.72. The molecule has 0 radical (unpaired) electrons. The number of rotatable bonds is 8. The summed E-state index contributed by atoms with van der Waals surface area (Å²) >= 11 is 3.18. The maximum absolute atomic E-state index is 13.5. The molecule has 2 aromatic heterocycles. The minimum absolute atomic E-state index is 0.0384. The van der Waals surface area contributed by atoms with Crippen molar-refractivity contribution in [1.82, 2.24) is 14.3 Å². The Morgan fingerprint density at radius 2 is 2.09 bits per heavy atom. The molecule has 2 aromatic rings. The van der Waals surface area contributed by atoms with E-state index in [9.17, 15) is 9.59 Å². The van der Waals surface area contributed by atoms with E-state index in [4.69, 9.17) is 9.16 Å². The standard InChI is InChI=1S/C25H35N3O4S2Si/c1-10-11-31-24(30)20-17(16-12-27-13-26-21(33-7)23(27)34-16)14(2)19-18(22(29)28(19)20)15(3)32-35(8,9)25(4,5)6/h10,12-15,18-19H,1,11H2,2-9H3. The third-order valence-electron chi connectivity index (χ3n) is 7.61. The molecule has 10 heteroatoms. The van der Waals surface area contributed by atoms with Crippen molar-refractivity contribution in [1.29, 1.82) is 0 Å². The van der Waals surface area contributed by atoms with Gasteiger partial charge in [-0.25, -0.2) is 9.78 Å². The summed E-state index contributed by atoms with van der Waals surface area (Å²) in [5.41, 5.74) is 1.22. The number of amides is 1. The second kappa shape index (κ2) is 9.21. The van der Waals surface area contributed by atoms with Gasteiger partial charge in [0.05, 0.1) is 22.9 Å². The van der Waals surface area contributed by atoms with E-state index in [-0.39, 0.29) is 41.5 Å². The third-order valence-corrected chi connectivity index (χ3v) is 14.1. The zero-order valence-electron chi connectivity index (χ0n) is 21.7. The van der Waals surface area contributed by atoms with Gasteiger partial charge in [0.15, 0.2) is 8.32 Å². The van der Waals surface area contributed by atoms with Crippen molar-refractivity contribution in [2.45, 2.75) is 69.9 Å². The summed E-state index contributed by atoms with van der Waals surface area (Å²) in [6.07, 6.45) is 7.09. The molecule has 0 bridgehead atoms. The second-order valence-corrected chi connectivity index (χ2v) is 17.4. The predicted molar refractivity (Wildman–Crippen MR) is 144 cm³/mol. The molecule has 190 valence electrons. The van der Waals surface area contributed by atoms with E-state index in [0.717, 1.165) is 20.3 Å². The first kappa shape index (κ1) is 26.2. The summed E-state index contributed by atoms with van der Waals surface area (Å²) in [6, 6.07) is -0.136. The van der Waals surface area contributed by atoms with Crippen molar-refractivity contribution in [2.24, 2.45) is 11.8 Å². The Hall–Kier alpha value is -1.88. The topological polar surface area (TPSA) is 73.1 Å². The molecule has 0 saturated carbocycles. The average Bonchev–Trinajstić information content (AvgIpc) is 3.40. The number of thioether (sulfide) groups is 1. The van der Waals surface area contributed by atoms with Gasteiger partial charge < -0.3 is 14.1 Å². The van der Waals surface area contributed by atoms with E-state index < -0.39 is 14.3 Å². The number of nitrogens with zero attached hydrogens (tertiary/aromatic N) is 3. The largest absolute Gasteiger partial charge is 0.457 e. The zero-order valence-corrected chi connectivity index (χ0v) is 24.4. The molecule has 0 spiro atoms. The molecule has 0 aliphatic carbocycles. The fraction of sp³-hybridized carbons (Fsp3) is 0.560. The Labute approximate surface area is 216 Å². The number of carbonyl (C=O) groups excluding carboxylic acids is 2. The van der Waals surface area contributed by atoms with Gasteiger partial charge in [-0.15, -0.1) is 23.1 Å². The van der Waals surface area contributed by atoms with Crippen LogP contribution in [0.3, 0.4) is 0 Å². The second-order valence-electron chi connectivity index (χ2n) is 10.8. The van der Waals surface area contributed by atoms with Crippen LogP contribution in [0, 0.1) is 11.8 Å². The quantitative estimate of drug-likeness (QED) is 0.148. The molecule has 1 saturated heterocycles. The monoisotopic (exact) mass is 533 g/mol. The molecule has 0 N–H and O–H groups in total. The van der Waals surface area contributed by atoms with Gasteiger partial charge in [-0.2, -0.15) is 0 Å². The van der Waals surface area contributed by atoms with Crippen molar-refractivity contribution in [2.75, 3.05) is 12.9 Å². The number of carbonyl (C=O) groups is 2. The summed E-state index contributed by atoms with van der Waals surface area (Å²) in [7, 11) is -2.07. The van der Waals surface area contributed by atoms with Crippen LogP contribution in [0.1, 0.15) is 39.5 Å².